The molecule has 0 aliphatic carbocycles. The molecule has 2 amide bonds. The van der Waals surface area contributed by atoms with Crippen molar-refractivity contribution in [3.05, 3.63) is 61.0 Å². The normalized spacial score (nSPS) is 21.7. The van der Waals surface area contributed by atoms with E-state index >= 15 is 0 Å². The Labute approximate surface area is 223 Å². The molecule has 0 spiro atoms. The van der Waals surface area contributed by atoms with Gasteiger partial charge in [-0.15, -0.1) is 35.3 Å². The number of fused-ring (bicyclic) bond motifs is 1. The van der Waals surface area contributed by atoms with Gasteiger partial charge in [0.05, 0.1) is 9.96 Å². The number of thioether (sulfide) groups is 3. The average Bonchev–Trinajstić information content (AvgIpc) is 2.89. The summed E-state index contributed by atoms with van der Waals surface area (Å²) in [7, 11) is 1.34. The second kappa shape index (κ2) is 11.6. The van der Waals surface area contributed by atoms with Crippen molar-refractivity contribution in [2.75, 3.05) is 24.4 Å². The third-order valence-electron chi connectivity index (χ3n) is 5.20. The van der Waals surface area contributed by atoms with Crippen molar-refractivity contribution in [1.29, 1.82) is 0 Å². The van der Waals surface area contributed by atoms with Gasteiger partial charge in [0.15, 0.2) is 5.71 Å². The van der Waals surface area contributed by atoms with E-state index in [2.05, 4.69) is 10.5 Å². The zero-order valence-corrected chi connectivity index (χ0v) is 21.9. The lowest BCUT2D eigenvalue weighted by Crippen LogP contribution is -2.71. The van der Waals surface area contributed by atoms with E-state index in [4.69, 9.17) is 21.2 Å². The zero-order chi connectivity index (χ0) is 25.8. The molecule has 3 aliphatic rings. The van der Waals surface area contributed by atoms with Crippen LogP contribution in [0.4, 0.5) is 5.69 Å². The number of hydrogen-bond acceptors (Lipinski definition) is 11. The van der Waals surface area contributed by atoms with Crippen LogP contribution in [-0.2, 0) is 30.6 Å². The number of non-ortho nitro benzene ring substituents is 1. The highest BCUT2D eigenvalue weighted by atomic mass is 35.5. The largest absolute Gasteiger partial charge is 0.456 e. The quantitative estimate of drug-likeness (QED) is 0.163. The van der Waals surface area contributed by atoms with Crippen molar-refractivity contribution in [3.8, 4) is 0 Å². The highest BCUT2D eigenvalue weighted by molar-refractivity contribution is 8.10. The van der Waals surface area contributed by atoms with Gasteiger partial charge in [-0.05, 0) is 23.1 Å². The predicted molar refractivity (Wildman–Crippen MR) is 138 cm³/mol. The molecule has 11 nitrogen and oxygen atoms in total. The van der Waals surface area contributed by atoms with Crippen LogP contribution in [0.2, 0.25) is 0 Å². The number of nitro benzene ring substituents is 1. The summed E-state index contributed by atoms with van der Waals surface area (Å²) in [5.41, 5.74) is 0.451. The van der Waals surface area contributed by atoms with Crippen LogP contribution in [0, 0.1) is 10.1 Å². The van der Waals surface area contributed by atoms with Gasteiger partial charge in [-0.3, -0.25) is 24.6 Å². The lowest BCUT2D eigenvalue weighted by Gasteiger charge is -2.49. The van der Waals surface area contributed by atoms with E-state index in [9.17, 15) is 24.5 Å². The van der Waals surface area contributed by atoms with E-state index in [1.807, 2.05) is 5.41 Å². The lowest BCUT2D eigenvalue weighted by molar-refractivity contribution is -0.384. The molecule has 3 aliphatic heterocycles. The number of benzene rings is 1. The minimum atomic E-state index is -0.881. The third kappa shape index (κ3) is 5.51. The van der Waals surface area contributed by atoms with Crippen LogP contribution in [-0.4, -0.2) is 69.1 Å². The topological polar surface area (TPSA) is 140 Å². The van der Waals surface area contributed by atoms with Gasteiger partial charge in [0.25, 0.3) is 17.5 Å². The lowest BCUT2D eigenvalue weighted by atomic mass is 10.0. The first-order chi connectivity index (χ1) is 17.3. The van der Waals surface area contributed by atoms with Crippen LogP contribution in [0.3, 0.4) is 0 Å². The van der Waals surface area contributed by atoms with Crippen molar-refractivity contribution < 1.29 is 28.9 Å². The van der Waals surface area contributed by atoms with Gasteiger partial charge in [0, 0.05) is 34.3 Å². The molecule has 2 atom stereocenters. The molecule has 0 bridgehead atoms. The molecule has 1 fully saturated rings. The van der Waals surface area contributed by atoms with Crippen LogP contribution in [0.5, 0.6) is 0 Å². The number of amides is 2. The predicted octanol–water partition coefficient (Wildman–Crippen LogP) is 2.81. The van der Waals surface area contributed by atoms with E-state index in [1.54, 1.807) is 11.8 Å². The molecule has 1 aromatic carbocycles. The van der Waals surface area contributed by atoms with Crippen molar-refractivity contribution >= 4 is 76.1 Å². The second-order valence-corrected chi connectivity index (χ2v) is 11.1. The fourth-order valence-corrected chi connectivity index (χ4v) is 7.10. The third-order valence-corrected chi connectivity index (χ3v) is 9.23. The Morgan fingerprint density at radius 3 is 2.69 bits per heavy atom. The maximum Gasteiger partial charge on any atom is 0.356 e. The Morgan fingerprint density at radius 2 is 2.06 bits per heavy atom. The van der Waals surface area contributed by atoms with Crippen LogP contribution >= 0.6 is 46.9 Å². The van der Waals surface area contributed by atoms with Gasteiger partial charge >= 0.3 is 5.97 Å². The molecule has 0 saturated carbocycles. The van der Waals surface area contributed by atoms with E-state index in [0.717, 1.165) is 11.5 Å². The number of β-lactam (4-membered cyclic amide) rings is 1. The standard InChI is InChI=1S/C21H19ClN4O7S3/c1-32-24-15(14-10-34-6-7-35-14)18(27)23-16-19(28)25-17(13(22)9-36-20(16)25)21(29)33-8-11-2-4-12(5-3-11)26(30)31/h2-5,10,16,20H,6-9H2,1H3,(H,23,27)/t16?,20-/m0/s1. The molecular weight excluding hydrogens is 552 g/mol. The van der Waals surface area contributed by atoms with Crippen molar-refractivity contribution in [2.24, 2.45) is 5.16 Å². The summed E-state index contributed by atoms with van der Waals surface area (Å²) in [6.45, 7) is -0.161. The molecule has 36 heavy (non-hydrogen) atoms. The molecule has 3 heterocycles. The molecule has 1 aromatic rings. The van der Waals surface area contributed by atoms with E-state index in [0.29, 0.717) is 10.5 Å². The van der Waals surface area contributed by atoms with Gasteiger partial charge < -0.3 is 14.9 Å². The number of esters is 1. The smallest absolute Gasteiger partial charge is 0.356 e. The van der Waals surface area contributed by atoms with Gasteiger partial charge in [-0.1, -0.05) is 16.8 Å². The van der Waals surface area contributed by atoms with Crippen LogP contribution in [0.25, 0.3) is 0 Å². The molecule has 1 saturated heterocycles. The Bertz CT molecular complexity index is 1190. The molecular formula is C21H19ClN4O7S3. The van der Waals surface area contributed by atoms with Crippen molar-refractivity contribution in [2.45, 2.75) is 18.0 Å². The molecule has 4 rings (SSSR count). The number of halogens is 1. The Balaban J connectivity index is 1.41. The number of nitrogens with zero attached hydrogens (tertiary/aromatic N) is 3. The van der Waals surface area contributed by atoms with Crippen LogP contribution in [0.15, 0.2) is 50.5 Å². The summed E-state index contributed by atoms with van der Waals surface area (Å²) in [6, 6.07) is 4.67. The first-order valence-electron chi connectivity index (χ1n) is 10.4. The SMILES string of the molecule is CON=C(C(=O)NC1C(=O)N2C(C(=O)OCc3ccc([N+](=O)[O-])cc3)=C(Cl)CS[C@@H]12)C1=CSCCS1. The minimum absolute atomic E-state index is 0.0782. The monoisotopic (exact) mass is 570 g/mol. The summed E-state index contributed by atoms with van der Waals surface area (Å²) in [5, 5.41) is 18.8. The fourth-order valence-electron chi connectivity index (χ4n) is 3.49. The number of carbonyl (C=O) groups excluding carboxylic acids is 3. The molecule has 0 radical (unpaired) electrons. The highest BCUT2D eigenvalue weighted by Crippen LogP contribution is 2.42. The molecule has 1 N–H and O–H groups in total. The number of ether oxygens (including phenoxy) is 1. The Hall–Kier alpha value is -2.68. The van der Waals surface area contributed by atoms with Gasteiger partial charge in [0.2, 0.25) is 0 Å². The van der Waals surface area contributed by atoms with Gasteiger partial charge in [-0.25, -0.2) is 4.79 Å². The van der Waals surface area contributed by atoms with Gasteiger partial charge in [-0.2, -0.15) is 0 Å². The summed E-state index contributed by atoms with van der Waals surface area (Å²) in [6.07, 6.45) is 0. The number of oxime groups is 1. The summed E-state index contributed by atoms with van der Waals surface area (Å²) >= 11 is 10.6. The van der Waals surface area contributed by atoms with Crippen molar-refractivity contribution in [3.63, 3.8) is 0 Å². The first kappa shape index (κ1) is 26.4. The maximum absolute atomic E-state index is 13.0. The zero-order valence-electron chi connectivity index (χ0n) is 18.7. The van der Waals surface area contributed by atoms with E-state index in [1.165, 1.54) is 59.8 Å². The number of rotatable bonds is 8. The highest BCUT2D eigenvalue weighted by Gasteiger charge is 2.54. The second-order valence-electron chi connectivity index (χ2n) is 7.44. The molecule has 1 unspecified atom stereocenters. The maximum atomic E-state index is 13.0. The number of carbonyl (C=O) groups is 3. The first-order valence-corrected chi connectivity index (χ1v) is 13.9. The molecule has 15 heteroatoms. The average molecular weight is 571 g/mol. The summed E-state index contributed by atoms with van der Waals surface area (Å²) in [5.74, 6) is 0.124. The van der Waals surface area contributed by atoms with Crippen LogP contribution in [0.1, 0.15) is 5.56 Å². The fraction of sp³-hybridized carbons (Fsp3) is 0.333. The summed E-state index contributed by atoms with van der Waals surface area (Å²) in [4.78, 5) is 55.7. The minimum Gasteiger partial charge on any atom is -0.456 e. The van der Waals surface area contributed by atoms with Gasteiger partial charge in [0.1, 0.15) is 30.8 Å². The van der Waals surface area contributed by atoms with E-state index < -0.39 is 34.1 Å². The Kier molecular flexibility index (Phi) is 8.49. The summed E-state index contributed by atoms with van der Waals surface area (Å²) < 4.78 is 5.32. The van der Waals surface area contributed by atoms with E-state index in [-0.39, 0.29) is 34.5 Å². The number of nitrogens with one attached hydrogen (secondary N) is 1. The Morgan fingerprint density at radius 1 is 1.31 bits per heavy atom. The van der Waals surface area contributed by atoms with Crippen LogP contribution < -0.4 is 5.32 Å². The number of nitro groups is 1. The van der Waals surface area contributed by atoms with Crippen molar-refractivity contribution in [1.82, 2.24) is 10.2 Å². The molecule has 190 valence electrons. The molecule has 0 aromatic heterocycles. The number of hydrogen-bond donors (Lipinski definition) is 1.